The van der Waals surface area contributed by atoms with Crippen molar-refractivity contribution in [3.8, 4) is 0 Å². The first-order valence-corrected chi connectivity index (χ1v) is 8.24. The molecule has 0 aliphatic rings. The lowest BCUT2D eigenvalue weighted by Gasteiger charge is -2.12. The van der Waals surface area contributed by atoms with Gasteiger partial charge >= 0.3 is 5.97 Å². The van der Waals surface area contributed by atoms with E-state index in [0.29, 0.717) is 13.0 Å². The van der Waals surface area contributed by atoms with Crippen molar-refractivity contribution in [1.82, 2.24) is 4.57 Å². The van der Waals surface area contributed by atoms with Gasteiger partial charge in [-0.2, -0.15) is 0 Å². The number of hydrogen-bond donors (Lipinski definition) is 1. The third-order valence-corrected chi connectivity index (χ3v) is 4.49. The molecule has 1 N–H and O–H groups in total. The molecule has 1 heterocycles. The summed E-state index contributed by atoms with van der Waals surface area (Å²) in [4.78, 5) is 23.8. The second-order valence-electron chi connectivity index (χ2n) is 5.26. The number of hydrogen-bond acceptors (Lipinski definition) is 2. The van der Waals surface area contributed by atoms with E-state index in [0.717, 1.165) is 20.0 Å². The van der Waals surface area contributed by atoms with E-state index in [2.05, 4.69) is 22.6 Å². The van der Waals surface area contributed by atoms with Crippen LogP contribution < -0.4 is 5.56 Å². The molecule has 0 amide bonds. The Bertz CT molecular complexity index is 929. The van der Waals surface area contributed by atoms with E-state index in [-0.39, 0.29) is 5.56 Å². The van der Waals surface area contributed by atoms with Crippen LogP contribution in [0.2, 0.25) is 0 Å². The number of benzene rings is 2. The maximum Gasteiger partial charge on any atom is 0.341 e. The van der Waals surface area contributed by atoms with Gasteiger partial charge in [-0.3, -0.25) is 4.79 Å². The smallest absolute Gasteiger partial charge is 0.341 e. The minimum atomic E-state index is -1.19. The molecule has 0 saturated heterocycles. The summed E-state index contributed by atoms with van der Waals surface area (Å²) >= 11 is 2.24. The minimum absolute atomic E-state index is 0.189. The van der Waals surface area contributed by atoms with E-state index >= 15 is 0 Å². The Morgan fingerprint density at radius 1 is 1.09 bits per heavy atom. The standard InChI is InChI=1S/C18H14INO3/c19-14-7-5-12(6-8-14)9-10-20-16-4-2-1-3-13(16)11-15(17(20)21)18(22)23/h1-8,11H,9-10H2,(H,22,23). The molecule has 0 spiro atoms. The predicted molar refractivity (Wildman–Crippen MR) is 98.0 cm³/mol. The monoisotopic (exact) mass is 419 g/mol. The number of para-hydroxylation sites is 1. The lowest BCUT2D eigenvalue weighted by atomic mass is 10.1. The zero-order valence-electron chi connectivity index (χ0n) is 12.2. The van der Waals surface area contributed by atoms with Gasteiger partial charge in [-0.1, -0.05) is 30.3 Å². The summed E-state index contributed by atoms with van der Waals surface area (Å²) in [7, 11) is 0. The fourth-order valence-electron chi connectivity index (χ4n) is 2.59. The Morgan fingerprint density at radius 3 is 2.48 bits per heavy atom. The Labute approximate surface area is 146 Å². The lowest BCUT2D eigenvalue weighted by molar-refractivity contribution is 0.0694. The van der Waals surface area contributed by atoms with Crippen LogP contribution in [0, 0.1) is 3.57 Å². The first-order valence-electron chi connectivity index (χ1n) is 7.16. The van der Waals surface area contributed by atoms with Gasteiger partial charge in [-0.15, -0.1) is 0 Å². The van der Waals surface area contributed by atoms with E-state index in [9.17, 15) is 14.7 Å². The average Bonchev–Trinajstić information content (AvgIpc) is 2.55. The molecule has 4 nitrogen and oxygen atoms in total. The number of carbonyl (C=O) groups is 1. The van der Waals surface area contributed by atoms with Gasteiger partial charge in [0.15, 0.2) is 0 Å². The zero-order valence-corrected chi connectivity index (χ0v) is 14.4. The maximum absolute atomic E-state index is 12.5. The van der Waals surface area contributed by atoms with Crippen molar-refractivity contribution in [2.75, 3.05) is 0 Å². The van der Waals surface area contributed by atoms with Crippen LogP contribution in [0.3, 0.4) is 0 Å². The number of rotatable bonds is 4. The van der Waals surface area contributed by atoms with Crippen molar-refractivity contribution in [3.05, 3.63) is 79.6 Å². The number of halogens is 1. The first kappa shape index (κ1) is 15.7. The van der Waals surface area contributed by atoms with E-state index in [1.165, 1.54) is 6.07 Å². The Kier molecular flexibility index (Phi) is 4.47. The van der Waals surface area contributed by atoms with Crippen molar-refractivity contribution in [1.29, 1.82) is 0 Å². The summed E-state index contributed by atoms with van der Waals surface area (Å²) in [6.07, 6.45) is 0.671. The van der Waals surface area contributed by atoms with Gasteiger partial charge < -0.3 is 9.67 Å². The van der Waals surface area contributed by atoms with Crippen molar-refractivity contribution in [2.24, 2.45) is 0 Å². The SMILES string of the molecule is O=C(O)c1cc2ccccc2n(CCc2ccc(I)cc2)c1=O. The Hall–Kier alpha value is -2.15. The first-order chi connectivity index (χ1) is 11.1. The molecule has 116 valence electrons. The minimum Gasteiger partial charge on any atom is -0.477 e. The van der Waals surface area contributed by atoms with Gasteiger partial charge in [-0.05, 0) is 64.2 Å². The summed E-state index contributed by atoms with van der Waals surface area (Å²) in [6, 6.07) is 16.9. The molecule has 0 aliphatic heterocycles. The molecule has 2 aromatic carbocycles. The number of nitrogens with zero attached hydrogens (tertiary/aromatic N) is 1. The second kappa shape index (κ2) is 6.54. The summed E-state index contributed by atoms with van der Waals surface area (Å²) in [5.41, 5.74) is 1.23. The molecule has 0 aliphatic carbocycles. The number of aromatic carboxylic acids is 1. The lowest BCUT2D eigenvalue weighted by Crippen LogP contribution is -2.27. The molecule has 0 radical (unpaired) electrons. The maximum atomic E-state index is 12.5. The number of aryl methyl sites for hydroxylation is 2. The largest absolute Gasteiger partial charge is 0.477 e. The average molecular weight is 419 g/mol. The number of carboxylic acid groups (broad SMARTS) is 1. The number of aromatic nitrogens is 1. The van der Waals surface area contributed by atoms with Crippen molar-refractivity contribution in [3.63, 3.8) is 0 Å². The van der Waals surface area contributed by atoms with Crippen LogP contribution >= 0.6 is 22.6 Å². The number of fused-ring (bicyclic) bond motifs is 1. The molecule has 23 heavy (non-hydrogen) atoms. The summed E-state index contributed by atoms with van der Waals surface area (Å²) in [5.74, 6) is -1.19. The third kappa shape index (κ3) is 3.29. The van der Waals surface area contributed by atoms with Crippen LogP contribution in [0.1, 0.15) is 15.9 Å². The molecule has 0 saturated carbocycles. The van der Waals surface area contributed by atoms with Crippen LogP contribution in [-0.2, 0) is 13.0 Å². The van der Waals surface area contributed by atoms with Crippen molar-refractivity contribution < 1.29 is 9.90 Å². The Morgan fingerprint density at radius 2 is 1.78 bits per heavy atom. The molecular weight excluding hydrogens is 405 g/mol. The molecule has 5 heteroatoms. The van der Waals surface area contributed by atoms with Crippen LogP contribution in [0.5, 0.6) is 0 Å². The molecule has 0 fully saturated rings. The second-order valence-corrected chi connectivity index (χ2v) is 6.50. The highest BCUT2D eigenvalue weighted by atomic mass is 127. The topological polar surface area (TPSA) is 59.3 Å². The predicted octanol–water partition coefficient (Wildman–Crippen LogP) is 3.55. The molecule has 1 aromatic heterocycles. The zero-order chi connectivity index (χ0) is 16.4. The highest BCUT2D eigenvalue weighted by Gasteiger charge is 2.14. The molecule has 0 unspecified atom stereocenters. The van der Waals surface area contributed by atoms with E-state index < -0.39 is 11.5 Å². The molecular formula is C18H14INO3. The van der Waals surface area contributed by atoms with Gasteiger partial charge in [0, 0.05) is 10.1 Å². The summed E-state index contributed by atoms with van der Waals surface area (Å²) in [5, 5.41) is 10.0. The normalized spacial score (nSPS) is 10.8. The Balaban J connectivity index is 2.04. The van der Waals surface area contributed by atoms with Crippen LogP contribution in [0.15, 0.2) is 59.4 Å². The molecule has 0 atom stereocenters. The van der Waals surface area contributed by atoms with Gasteiger partial charge in [0.1, 0.15) is 5.56 Å². The summed E-state index contributed by atoms with van der Waals surface area (Å²) in [6.45, 7) is 0.445. The van der Waals surface area contributed by atoms with E-state index in [1.54, 1.807) is 4.57 Å². The highest BCUT2D eigenvalue weighted by Crippen LogP contribution is 2.15. The van der Waals surface area contributed by atoms with Crippen molar-refractivity contribution in [2.45, 2.75) is 13.0 Å². The van der Waals surface area contributed by atoms with E-state index in [4.69, 9.17) is 0 Å². The number of pyridine rings is 1. The quantitative estimate of drug-likeness (QED) is 0.659. The van der Waals surface area contributed by atoms with Gasteiger partial charge in [0.25, 0.3) is 5.56 Å². The fourth-order valence-corrected chi connectivity index (χ4v) is 2.95. The fraction of sp³-hybridized carbons (Fsp3) is 0.111. The van der Waals surface area contributed by atoms with Crippen LogP contribution in [-0.4, -0.2) is 15.6 Å². The van der Waals surface area contributed by atoms with Gasteiger partial charge in [-0.25, -0.2) is 4.79 Å². The van der Waals surface area contributed by atoms with Crippen molar-refractivity contribution >= 4 is 39.5 Å². The molecule has 3 rings (SSSR count). The van der Waals surface area contributed by atoms with Gasteiger partial charge in [0.05, 0.1) is 5.52 Å². The highest BCUT2D eigenvalue weighted by molar-refractivity contribution is 14.1. The number of carboxylic acids is 1. The van der Waals surface area contributed by atoms with Crippen LogP contribution in [0.25, 0.3) is 10.9 Å². The molecule has 0 bridgehead atoms. The third-order valence-electron chi connectivity index (χ3n) is 3.77. The van der Waals surface area contributed by atoms with Crippen LogP contribution in [0.4, 0.5) is 0 Å². The van der Waals surface area contributed by atoms with E-state index in [1.807, 2.05) is 48.5 Å². The summed E-state index contributed by atoms with van der Waals surface area (Å²) < 4.78 is 2.71. The van der Waals surface area contributed by atoms with Gasteiger partial charge in [0.2, 0.25) is 0 Å². The molecule has 3 aromatic rings.